The third-order valence-electron chi connectivity index (χ3n) is 5.95. The maximum absolute atomic E-state index is 13.6. The van der Waals surface area contributed by atoms with Gasteiger partial charge in [0, 0.05) is 30.1 Å². The van der Waals surface area contributed by atoms with Crippen LogP contribution in [0.3, 0.4) is 0 Å². The number of amides is 1. The number of piperidine rings is 1. The molecule has 5 rings (SSSR count). The molecule has 2 fully saturated rings. The number of fused-ring (bicyclic) bond motifs is 3. The molecule has 1 amide bonds. The summed E-state index contributed by atoms with van der Waals surface area (Å²) in [6.45, 7) is 1.95. The van der Waals surface area contributed by atoms with Crippen molar-refractivity contribution in [1.82, 2.24) is 20.4 Å². The second kappa shape index (κ2) is 7.57. The highest BCUT2D eigenvalue weighted by atomic mass is 19.1. The molecule has 3 heterocycles. The second-order valence-electron chi connectivity index (χ2n) is 7.91. The summed E-state index contributed by atoms with van der Waals surface area (Å²) >= 11 is 0. The average Bonchev–Trinajstić information content (AvgIpc) is 3.13. The largest absolute Gasteiger partial charge is 0.378 e. The van der Waals surface area contributed by atoms with E-state index in [1.165, 1.54) is 6.07 Å². The Kier molecular flexibility index (Phi) is 4.77. The minimum atomic E-state index is -0.211. The lowest BCUT2D eigenvalue weighted by Gasteiger charge is -2.48. The number of H-pyrrole nitrogens is 1. The normalized spacial score (nSPS) is 24.5. The van der Waals surface area contributed by atoms with Crippen molar-refractivity contribution >= 4 is 16.8 Å². The highest BCUT2D eigenvalue weighted by molar-refractivity contribution is 6.04. The Labute approximate surface area is 168 Å². The van der Waals surface area contributed by atoms with Crippen LogP contribution in [0.4, 0.5) is 4.39 Å². The van der Waals surface area contributed by atoms with Crippen molar-refractivity contribution in [1.29, 1.82) is 0 Å². The van der Waals surface area contributed by atoms with Gasteiger partial charge in [-0.05, 0) is 36.6 Å². The van der Waals surface area contributed by atoms with E-state index in [0.29, 0.717) is 25.5 Å². The molecule has 2 bridgehead atoms. The molecule has 2 N–H and O–H groups in total. The van der Waals surface area contributed by atoms with Crippen LogP contribution in [0.15, 0.2) is 48.5 Å². The quantitative estimate of drug-likeness (QED) is 0.714. The van der Waals surface area contributed by atoms with Gasteiger partial charge in [-0.2, -0.15) is 5.10 Å². The van der Waals surface area contributed by atoms with E-state index < -0.39 is 0 Å². The Morgan fingerprint density at radius 2 is 1.97 bits per heavy atom. The molecular formula is C22H23FN4O2. The predicted molar refractivity (Wildman–Crippen MR) is 107 cm³/mol. The third-order valence-corrected chi connectivity index (χ3v) is 5.95. The zero-order chi connectivity index (χ0) is 19.8. The standard InChI is InChI=1S/C22H23FN4O2/c23-15-5-3-4-14(8-15)11-27-17-9-16(10-18(27)13-29-12-17)24-22(28)21-19-6-1-2-7-20(19)25-26-21/h1-8,16-18H,9-13H2,(H,24,28)(H,25,26)/t16-,17-,18+. The first-order valence-electron chi connectivity index (χ1n) is 9.99. The lowest BCUT2D eigenvalue weighted by Crippen LogP contribution is -2.60. The number of aromatic amines is 1. The van der Waals surface area contributed by atoms with Crippen LogP contribution >= 0.6 is 0 Å². The number of ether oxygens (including phenoxy) is 1. The Balaban J connectivity index is 1.29. The molecule has 150 valence electrons. The summed E-state index contributed by atoms with van der Waals surface area (Å²) in [6, 6.07) is 14.9. The molecule has 2 aliphatic rings. The van der Waals surface area contributed by atoms with Gasteiger partial charge in [0.15, 0.2) is 5.69 Å². The van der Waals surface area contributed by atoms with Crippen LogP contribution in [0, 0.1) is 5.82 Å². The number of carbonyl (C=O) groups excluding carboxylic acids is 1. The zero-order valence-corrected chi connectivity index (χ0v) is 16.0. The maximum Gasteiger partial charge on any atom is 0.272 e. The highest BCUT2D eigenvalue weighted by Crippen LogP contribution is 2.30. The zero-order valence-electron chi connectivity index (χ0n) is 16.0. The van der Waals surface area contributed by atoms with Crippen LogP contribution in [0.5, 0.6) is 0 Å². The summed E-state index contributed by atoms with van der Waals surface area (Å²) in [4.78, 5) is 15.2. The van der Waals surface area contributed by atoms with Crippen molar-refractivity contribution in [3.63, 3.8) is 0 Å². The molecule has 3 aromatic rings. The van der Waals surface area contributed by atoms with Gasteiger partial charge in [-0.15, -0.1) is 0 Å². The van der Waals surface area contributed by atoms with Crippen LogP contribution in [0.2, 0.25) is 0 Å². The Morgan fingerprint density at radius 3 is 2.76 bits per heavy atom. The Hall–Kier alpha value is -2.77. The fourth-order valence-corrected chi connectivity index (χ4v) is 4.60. The number of hydrogen-bond acceptors (Lipinski definition) is 4. The smallest absolute Gasteiger partial charge is 0.272 e. The summed E-state index contributed by atoms with van der Waals surface area (Å²) in [6.07, 6.45) is 1.61. The number of hydrogen-bond donors (Lipinski definition) is 2. The Bertz CT molecular complexity index is 1020. The molecule has 7 heteroatoms. The molecule has 6 nitrogen and oxygen atoms in total. The SMILES string of the molecule is O=C(N[C@H]1C[C@H]2COC[C@@H](C1)N2Cc1cccc(F)c1)c1n[nH]c2ccccc12. The molecule has 2 aromatic carbocycles. The molecule has 2 saturated heterocycles. The van der Waals surface area contributed by atoms with Crippen LogP contribution in [-0.4, -0.2) is 52.3 Å². The van der Waals surface area contributed by atoms with Crippen molar-refractivity contribution in [2.75, 3.05) is 13.2 Å². The minimum absolute atomic E-state index is 0.0700. The van der Waals surface area contributed by atoms with Gasteiger partial charge in [0.05, 0.1) is 18.7 Å². The number of halogens is 1. The number of morpholine rings is 1. The van der Waals surface area contributed by atoms with Gasteiger partial charge >= 0.3 is 0 Å². The number of aromatic nitrogens is 2. The predicted octanol–water partition coefficient (Wildman–Crippen LogP) is 2.86. The van der Waals surface area contributed by atoms with Gasteiger partial charge in [0.25, 0.3) is 5.91 Å². The number of carbonyl (C=O) groups is 1. The van der Waals surface area contributed by atoms with Crippen LogP contribution < -0.4 is 5.32 Å². The first kappa shape index (κ1) is 18.3. The fraction of sp³-hybridized carbons (Fsp3) is 0.364. The first-order valence-corrected chi connectivity index (χ1v) is 9.99. The van der Waals surface area contributed by atoms with E-state index in [9.17, 15) is 9.18 Å². The Morgan fingerprint density at radius 1 is 1.17 bits per heavy atom. The lowest BCUT2D eigenvalue weighted by molar-refractivity contribution is -0.0843. The molecule has 2 aliphatic heterocycles. The van der Waals surface area contributed by atoms with Crippen molar-refractivity contribution in [2.45, 2.75) is 37.5 Å². The van der Waals surface area contributed by atoms with E-state index in [1.807, 2.05) is 30.3 Å². The second-order valence-corrected chi connectivity index (χ2v) is 7.91. The molecule has 0 saturated carbocycles. The lowest BCUT2D eigenvalue weighted by atomic mass is 9.89. The van der Waals surface area contributed by atoms with Gasteiger partial charge in [-0.25, -0.2) is 4.39 Å². The van der Waals surface area contributed by atoms with Crippen molar-refractivity contribution in [2.24, 2.45) is 0 Å². The molecule has 0 radical (unpaired) electrons. The van der Waals surface area contributed by atoms with Crippen LogP contribution in [-0.2, 0) is 11.3 Å². The van der Waals surface area contributed by atoms with Gasteiger partial charge in [0.1, 0.15) is 5.82 Å². The van der Waals surface area contributed by atoms with Crippen LogP contribution in [0.1, 0.15) is 28.9 Å². The molecular weight excluding hydrogens is 371 g/mol. The summed E-state index contributed by atoms with van der Waals surface area (Å²) in [5.74, 6) is -0.359. The van der Waals surface area contributed by atoms with E-state index in [0.717, 1.165) is 29.3 Å². The molecule has 29 heavy (non-hydrogen) atoms. The number of nitrogens with zero attached hydrogens (tertiary/aromatic N) is 2. The third kappa shape index (κ3) is 3.63. The van der Waals surface area contributed by atoms with Crippen molar-refractivity contribution in [3.8, 4) is 0 Å². The summed E-state index contributed by atoms with van der Waals surface area (Å²) in [5, 5.41) is 11.1. The molecule has 0 aliphatic carbocycles. The first-order chi connectivity index (χ1) is 14.2. The molecule has 3 atom stereocenters. The fourth-order valence-electron chi connectivity index (χ4n) is 4.60. The van der Waals surface area contributed by atoms with E-state index in [1.54, 1.807) is 12.1 Å². The number of nitrogens with one attached hydrogen (secondary N) is 2. The van der Waals surface area contributed by atoms with E-state index in [4.69, 9.17) is 4.74 Å². The van der Waals surface area contributed by atoms with E-state index in [2.05, 4.69) is 20.4 Å². The molecule has 1 aromatic heterocycles. The maximum atomic E-state index is 13.6. The summed E-state index contributed by atoms with van der Waals surface area (Å²) in [5.41, 5.74) is 2.25. The highest BCUT2D eigenvalue weighted by Gasteiger charge is 2.39. The number of para-hydroxylation sites is 1. The topological polar surface area (TPSA) is 70.2 Å². The van der Waals surface area contributed by atoms with Crippen molar-refractivity contribution < 1.29 is 13.9 Å². The van der Waals surface area contributed by atoms with E-state index >= 15 is 0 Å². The molecule has 0 spiro atoms. The summed E-state index contributed by atoms with van der Waals surface area (Å²) < 4.78 is 19.3. The minimum Gasteiger partial charge on any atom is -0.378 e. The van der Waals surface area contributed by atoms with Gasteiger partial charge in [-0.1, -0.05) is 30.3 Å². The van der Waals surface area contributed by atoms with E-state index in [-0.39, 0.29) is 29.8 Å². The summed E-state index contributed by atoms with van der Waals surface area (Å²) in [7, 11) is 0. The van der Waals surface area contributed by atoms with Gasteiger partial charge < -0.3 is 10.1 Å². The van der Waals surface area contributed by atoms with Crippen LogP contribution in [0.25, 0.3) is 10.9 Å². The average molecular weight is 394 g/mol. The molecule has 0 unspecified atom stereocenters. The monoisotopic (exact) mass is 394 g/mol. The number of benzene rings is 2. The van der Waals surface area contributed by atoms with Gasteiger partial charge in [-0.3, -0.25) is 14.8 Å². The van der Waals surface area contributed by atoms with Crippen molar-refractivity contribution in [3.05, 3.63) is 65.6 Å². The van der Waals surface area contributed by atoms with Gasteiger partial charge in [0.2, 0.25) is 0 Å². The number of rotatable bonds is 4.